The molecule has 150 valence electrons. The molecule has 0 bridgehead atoms. The Labute approximate surface area is 173 Å². The predicted molar refractivity (Wildman–Crippen MR) is 112 cm³/mol. The average molecular weight is 401 g/mol. The molecule has 7 heteroatoms. The molecule has 0 saturated carbocycles. The third kappa shape index (κ3) is 5.20. The first-order chi connectivity index (χ1) is 14.6. The highest BCUT2D eigenvalue weighted by atomic mass is 16.5. The second-order valence-corrected chi connectivity index (χ2v) is 6.38. The van der Waals surface area contributed by atoms with Crippen LogP contribution in [0.3, 0.4) is 0 Å². The molecule has 0 fully saturated rings. The number of esters is 1. The second kappa shape index (κ2) is 9.85. The highest BCUT2D eigenvalue weighted by Crippen LogP contribution is 2.15. The fraction of sp³-hybridized carbons (Fsp3) is 0.130. The Bertz CT molecular complexity index is 1110. The van der Waals surface area contributed by atoms with Gasteiger partial charge >= 0.3 is 5.97 Å². The molecule has 2 amide bonds. The van der Waals surface area contributed by atoms with Gasteiger partial charge in [0.25, 0.3) is 11.8 Å². The Morgan fingerprint density at radius 2 is 1.63 bits per heavy atom. The van der Waals surface area contributed by atoms with Crippen LogP contribution in [0.1, 0.15) is 10.4 Å². The number of benzene rings is 3. The molecule has 0 saturated heterocycles. The molecule has 0 atom stereocenters. The molecule has 3 rings (SSSR count). The van der Waals surface area contributed by atoms with E-state index in [4.69, 9.17) is 10.00 Å². The van der Waals surface area contributed by atoms with E-state index in [0.29, 0.717) is 11.3 Å². The van der Waals surface area contributed by atoms with Crippen molar-refractivity contribution in [2.75, 3.05) is 24.6 Å². The van der Waals surface area contributed by atoms with Crippen LogP contribution in [0.4, 0.5) is 5.69 Å². The van der Waals surface area contributed by atoms with Crippen LogP contribution in [-0.2, 0) is 14.3 Å². The summed E-state index contributed by atoms with van der Waals surface area (Å²) in [6, 6.07) is 23.4. The molecule has 0 aliphatic carbocycles. The smallest absolute Gasteiger partial charge is 0.325 e. The van der Waals surface area contributed by atoms with Crippen molar-refractivity contribution in [2.45, 2.75) is 0 Å². The van der Waals surface area contributed by atoms with Crippen molar-refractivity contribution >= 4 is 34.2 Å². The van der Waals surface area contributed by atoms with Gasteiger partial charge in [-0.15, -0.1) is 0 Å². The van der Waals surface area contributed by atoms with Crippen LogP contribution in [0.2, 0.25) is 0 Å². The molecular formula is C23H19N3O4. The molecule has 3 aromatic rings. The van der Waals surface area contributed by atoms with E-state index in [2.05, 4.69) is 5.32 Å². The highest BCUT2D eigenvalue weighted by molar-refractivity contribution is 6.00. The maximum Gasteiger partial charge on any atom is 0.325 e. The van der Waals surface area contributed by atoms with Crippen LogP contribution in [0, 0.1) is 11.3 Å². The molecule has 0 unspecified atom stereocenters. The number of nitrogens with one attached hydrogen (secondary N) is 1. The highest BCUT2D eigenvalue weighted by Gasteiger charge is 2.17. The summed E-state index contributed by atoms with van der Waals surface area (Å²) in [5, 5.41) is 13.3. The van der Waals surface area contributed by atoms with Gasteiger partial charge in [-0.3, -0.25) is 19.3 Å². The number of para-hydroxylation sites is 1. The van der Waals surface area contributed by atoms with Crippen molar-refractivity contribution in [3.63, 3.8) is 0 Å². The van der Waals surface area contributed by atoms with Crippen molar-refractivity contribution in [1.82, 2.24) is 5.32 Å². The van der Waals surface area contributed by atoms with Gasteiger partial charge in [-0.25, -0.2) is 0 Å². The van der Waals surface area contributed by atoms with Crippen LogP contribution in [0.25, 0.3) is 10.8 Å². The molecule has 7 nitrogen and oxygen atoms in total. The summed E-state index contributed by atoms with van der Waals surface area (Å²) in [7, 11) is 0. The first-order valence-corrected chi connectivity index (χ1v) is 9.23. The number of carbonyl (C=O) groups excluding carboxylic acids is 3. The summed E-state index contributed by atoms with van der Waals surface area (Å²) in [6.07, 6.45) is 0. The number of anilines is 1. The van der Waals surface area contributed by atoms with Gasteiger partial charge in [0.15, 0.2) is 6.61 Å². The maximum atomic E-state index is 12.3. The summed E-state index contributed by atoms with van der Waals surface area (Å²) in [5.41, 5.74) is 0.951. The number of hydrogen-bond acceptors (Lipinski definition) is 5. The standard InChI is InChI=1S/C23H19N3O4/c24-12-13-26(20-8-2-1-3-9-20)21(27)16-30-22(28)15-25-23(29)19-11-10-17-6-4-5-7-18(17)14-19/h1-11,14H,13,15-16H2,(H,25,29). The minimum absolute atomic E-state index is 0.168. The van der Waals surface area contributed by atoms with E-state index < -0.39 is 24.4 Å². The summed E-state index contributed by atoms with van der Waals surface area (Å²) in [5.74, 6) is -1.70. The summed E-state index contributed by atoms with van der Waals surface area (Å²) < 4.78 is 4.95. The lowest BCUT2D eigenvalue weighted by Gasteiger charge is -2.19. The van der Waals surface area contributed by atoms with Crippen molar-refractivity contribution in [2.24, 2.45) is 0 Å². The van der Waals surface area contributed by atoms with Crippen LogP contribution in [-0.4, -0.2) is 37.5 Å². The number of fused-ring (bicyclic) bond motifs is 1. The number of hydrogen-bond donors (Lipinski definition) is 1. The minimum Gasteiger partial charge on any atom is -0.454 e. The summed E-state index contributed by atoms with van der Waals surface area (Å²) >= 11 is 0. The summed E-state index contributed by atoms with van der Waals surface area (Å²) in [4.78, 5) is 37.8. The van der Waals surface area contributed by atoms with Crippen LogP contribution in [0.5, 0.6) is 0 Å². The lowest BCUT2D eigenvalue weighted by atomic mass is 10.1. The first kappa shape index (κ1) is 20.6. The van der Waals surface area contributed by atoms with Crippen LogP contribution in [0.15, 0.2) is 72.8 Å². The lowest BCUT2D eigenvalue weighted by Crippen LogP contribution is -2.37. The fourth-order valence-corrected chi connectivity index (χ4v) is 2.86. The zero-order valence-corrected chi connectivity index (χ0v) is 16.1. The van der Waals surface area contributed by atoms with Crippen molar-refractivity contribution in [3.05, 3.63) is 78.4 Å². The Balaban J connectivity index is 1.51. The van der Waals surface area contributed by atoms with Gasteiger partial charge in [-0.05, 0) is 35.0 Å². The van der Waals surface area contributed by atoms with Crippen LogP contribution >= 0.6 is 0 Å². The normalized spacial score (nSPS) is 10.1. The van der Waals surface area contributed by atoms with Crippen molar-refractivity contribution < 1.29 is 19.1 Å². The second-order valence-electron chi connectivity index (χ2n) is 6.38. The van der Waals surface area contributed by atoms with Crippen molar-refractivity contribution in [1.29, 1.82) is 5.26 Å². The van der Waals surface area contributed by atoms with E-state index in [0.717, 1.165) is 10.8 Å². The van der Waals surface area contributed by atoms with Gasteiger partial charge in [-0.1, -0.05) is 48.5 Å². The Morgan fingerprint density at radius 1 is 0.933 bits per heavy atom. The molecule has 0 radical (unpaired) electrons. The van der Waals surface area contributed by atoms with Gasteiger partial charge < -0.3 is 10.1 Å². The number of nitriles is 1. The number of rotatable bonds is 7. The Kier molecular flexibility index (Phi) is 6.74. The van der Waals surface area contributed by atoms with E-state index in [-0.39, 0.29) is 13.1 Å². The zero-order valence-electron chi connectivity index (χ0n) is 16.1. The molecule has 0 aliphatic rings. The van der Waals surface area contributed by atoms with Gasteiger partial charge in [0.05, 0.1) is 6.07 Å². The van der Waals surface area contributed by atoms with E-state index >= 15 is 0 Å². The number of amides is 2. The number of nitrogens with zero attached hydrogens (tertiary/aromatic N) is 2. The van der Waals surface area contributed by atoms with Gasteiger partial charge in [0.2, 0.25) is 0 Å². The molecular weight excluding hydrogens is 382 g/mol. The molecule has 30 heavy (non-hydrogen) atoms. The monoisotopic (exact) mass is 401 g/mol. The Hall–Kier alpha value is -4.18. The average Bonchev–Trinajstić information content (AvgIpc) is 2.79. The lowest BCUT2D eigenvalue weighted by molar-refractivity contribution is -0.146. The third-order valence-corrected chi connectivity index (χ3v) is 4.36. The van der Waals surface area contributed by atoms with Gasteiger partial charge in [-0.2, -0.15) is 5.26 Å². The number of carbonyl (C=O) groups is 3. The summed E-state index contributed by atoms with van der Waals surface area (Å²) in [6.45, 7) is -1.07. The first-order valence-electron chi connectivity index (χ1n) is 9.23. The largest absolute Gasteiger partial charge is 0.454 e. The minimum atomic E-state index is -0.748. The predicted octanol–water partition coefficient (Wildman–Crippen LogP) is 2.67. The molecule has 0 heterocycles. The zero-order chi connectivity index (χ0) is 21.3. The Morgan fingerprint density at radius 3 is 2.37 bits per heavy atom. The third-order valence-electron chi connectivity index (χ3n) is 4.36. The van der Waals surface area contributed by atoms with Gasteiger partial charge in [0.1, 0.15) is 13.1 Å². The SMILES string of the molecule is N#CCN(C(=O)COC(=O)CNC(=O)c1ccc2ccccc2c1)c1ccccc1. The van der Waals surface area contributed by atoms with E-state index in [9.17, 15) is 14.4 Å². The van der Waals surface area contributed by atoms with Crippen LogP contribution < -0.4 is 10.2 Å². The van der Waals surface area contributed by atoms with E-state index in [1.807, 2.05) is 36.4 Å². The van der Waals surface area contributed by atoms with E-state index in [1.54, 1.807) is 42.5 Å². The molecule has 0 spiro atoms. The topological polar surface area (TPSA) is 99.5 Å². The number of ether oxygens (including phenoxy) is 1. The van der Waals surface area contributed by atoms with E-state index in [1.165, 1.54) is 4.90 Å². The fourth-order valence-electron chi connectivity index (χ4n) is 2.86. The molecule has 1 N–H and O–H groups in total. The molecule has 3 aromatic carbocycles. The van der Waals surface area contributed by atoms with Gasteiger partial charge in [0, 0.05) is 11.3 Å². The molecule has 0 aliphatic heterocycles. The maximum absolute atomic E-state index is 12.3. The quantitative estimate of drug-likeness (QED) is 0.485. The molecule has 0 aromatic heterocycles. The van der Waals surface area contributed by atoms with Crippen molar-refractivity contribution in [3.8, 4) is 6.07 Å².